The number of allylic oxidation sites excluding steroid dienone is 1. The van der Waals surface area contributed by atoms with Gasteiger partial charge < -0.3 is 14.2 Å². The fourth-order valence-electron chi connectivity index (χ4n) is 1.10. The van der Waals surface area contributed by atoms with Crippen molar-refractivity contribution in [1.29, 1.82) is 0 Å². The Morgan fingerprint density at radius 3 is 2.44 bits per heavy atom. The van der Waals surface area contributed by atoms with Crippen molar-refractivity contribution in [1.82, 2.24) is 4.90 Å². The van der Waals surface area contributed by atoms with Crippen molar-refractivity contribution in [2.45, 2.75) is 20.1 Å². The highest BCUT2D eigenvalue weighted by Crippen LogP contribution is 2.01. The summed E-state index contributed by atoms with van der Waals surface area (Å²) in [4.78, 5) is 13.1. The van der Waals surface area contributed by atoms with E-state index >= 15 is 0 Å². The van der Waals surface area contributed by atoms with E-state index in [-0.39, 0.29) is 6.09 Å². The zero-order valence-electron chi connectivity index (χ0n) is 10.4. The van der Waals surface area contributed by atoms with Crippen molar-refractivity contribution in [2.24, 2.45) is 0 Å². The maximum atomic E-state index is 11.6. The molecule has 0 aliphatic carbocycles. The summed E-state index contributed by atoms with van der Waals surface area (Å²) in [6, 6.07) is 0. The molecule has 0 spiro atoms. The number of nitrogens with zero attached hydrogens (tertiary/aromatic N) is 1. The molecule has 0 bridgehead atoms. The number of ether oxygens (including phenoxy) is 3. The van der Waals surface area contributed by atoms with E-state index in [0.717, 1.165) is 0 Å². The van der Waals surface area contributed by atoms with E-state index < -0.39 is 6.29 Å². The van der Waals surface area contributed by atoms with Gasteiger partial charge >= 0.3 is 6.09 Å². The normalized spacial score (nSPS) is 11.1. The van der Waals surface area contributed by atoms with E-state index in [2.05, 4.69) is 0 Å². The molecule has 16 heavy (non-hydrogen) atoms. The van der Waals surface area contributed by atoms with Crippen LogP contribution >= 0.6 is 0 Å². The second-order valence-corrected chi connectivity index (χ2v) is 3.07. The number of amides is 1. The Kier molecular flexibility index (Phi) is 8.56. The van der Waals surface area contributed by atoms with Crippen LogP contribution in [0.15, 0.2) is 12.2 Å². The van der Waals surface area contributed by atoms with E-state index in [1.54, 1.807) is 6.92 Å². The lowest BCUT2D eigenvalue weighted by molar-refractivity contribution is -0.112. The van der Waals surface area contributed by atoms with Crippen molar-refractivity contribution >= 4 is 6.09 Å². The van der Waals surface area contributed by atoms with Crippen molar-refractivity contribution in [2.75, 3.05) is 33.9 Å². The van der Waals surface area contributed by atoms with Crippen LogP contribution in [0.5, 0.6) is 0 Å². The summed E-state index contributed by atoms with van der Waals surface area (Å²) < 4.78 is 15.0. The van der Waals surface area contributed by atoms with Gasteiger partial charge in [0.1, 0.15) is 0 Å². The molecular formula is C11H21NO4. The Labute approximate surface area is 97.0 Å². The van der Waals surface area contributed by atoms with Crippen LogP contribution in [-0.2, 0) is 14.2 Å². The van der Waals surface area contributed by atoms with Gasteiger partial charge in [0, 0.05) is 20.8 Å². The van der Waals surface area contributed by atoms with Gasteiger partial charge in [-0.05, 0) is 13.8 Å². The number of rotatable bonds is 7. The Balaban J connectivity index is 4.34. The molecule has 0 rings (SSSR count). The van der Waals surface area contributed by atoms with E-state index in [1.165, 1.54) is 19.1 Å². The first kappa shape index (κ1) is 14.9. The van der Waals surface area contributed by atoms with E-state index in [1.807, 2.05) is 19.1 Å². The summed E-state index contributed by atoms with van der Waals surface area (Å²) in [6.45, 7) is 4.86. The Morgan fingerprint density at radius 2 is 2.00 bits per heavy atom. The molecule has 0 saturated carbocycles. The summed E-state index contributed by atoms with van der Waals surface area (Å²) in [5.41, 5.74) is 0. The first-order valence-electron chi connectivity index (χ1n) is 5.28. The van der Waals surface area contributed by atoms with Crippen molar-refractivity contribution < 1.29 is 19.0 Å². The molecule has 0 aromatic carbocycles. The summed E-state index contributed by atoms with van der Waals surface area (Å²) in [7, 11) is 3.07. The second kappa shape index (κ2) is 9.18. The minimum Gasteiger partial charge on any atom is -0.450 e. The van der Waals surface area contributed by atoms with Gasteiger partial charge in [-0.2, -0.15) is 0 Å². The van der Waals surface area contributed by atoms with E-state index in [0.29, 0.717) is 19.7 Å². The van der Waals surface area contributed by atoms with Gasteiger partial charge in [0.2, 0.25) is 0 Å². The molecule has 1 amide bonds. The Hall–Kier alpha value is -1.07. The lowest BCUT2D eigenvalue weighted by Crippen LogP contribution is -2.39. The fraction of sp³-hybridized carbons (Fsp3) is 0.727. The average Bonchev–Trinajstić information content (AvgIpc) is 2.30. The predicted octanol–water partition coefficient (Wildman–Crippen LogP) is 1.64. The standard InChI is InChI=1S/C11H21NO4/c1-5-7-8-12(11(13)16-6-2)9-10(14-3)15-4/h5,7,10H,6,8-9H2,1-4H3. The van der Waals surface area contributed by atoms with Crippen molar-refractivity contribution in [3.05, 3.63) is 12.2 Å². The first-order valence-corrected chi connectivity index (χ1v) is 5.28. The summed E-state index contributed by atoms with van der Waals surface area (Å²) in [5, 5.41) is 0. The van der Waals surface area contributed by atoms with Crippen molar-refractivity contribution in [3.8, 4) is 0 Å². The number of hydrogen-bond acceptors (Lipinski definition) is 4. The number of carbonyl (C=O) groups is 1. The van der Waals surface area contributed by atoms with E-state index in [4.69, 9.17) is 14.2 Å². The molecule has 0 atom stereocenters. The fourth-order valence-corrected chi connectivity index (χ4v) is 1.10. The van der Waals surface area contributed by atoms with Crippen LogP contribution in [0.4, 0.5) is 4.79 Å². The number of carbonyl (C=O) groups excluding carboxylic acids is 1. The van der Waals surface area contributed by atoms with Crippen LogP contribution in [0.2, 0.25) is 0 Å². The van der Waals surface area contributed by atoms with Crippen LogP contribution in [-0.4, -0.2) is 51.2 Å². The maximum Gasteiger partial charge on any atom is 0.410 e. The SMILES string of the molecule is CC=CCN(CC(OC)OC)C(=O)OCC. The molecule has 0 saturated heterocycles. The third kappa shape index (κ3) is 5.72. The van der Waals surface area contributed by atoms with Crippen LogP contribution in [0.1, 0.15) is 13.8 Å². The van der Waals surface area contributed by atoms with Crippen LogP contribution in [0, 0.1) is 0 Å². The average molecular weight is 231 g/mol. The van der Waals surface area contributed by atoms with Gasteiger partial charge in [-0.25, -0.2) is 4.79 Å². The van der Waals surface area contributed by atoms with Crippen LogP contribution in [0.25, 0.3) is 0 Å². The number of methoxy groups -OCH3 is 2. The molecule has 0 aliphatic heterocycles. The molecular weight excluding hydrogens is 210 g/mol. The zero-order chi connectivity index (χ0) is 12.4. The van der Waals surface area contributed by atoms with Gasteiger partial charge in [0.05, 0.1) is 13.2 Å². The maximum absolute atomic E-state index is 11.6. The highest BCUT2D eigenvalue weighted by atomic mass is 16.7. The molecule has 0 aliphatic rings. The third-order valence-corrected chi connectivity index (χ3v) is 1.98. The first-order chi connectivity index (χ1) is 7.69. The van der Waals surface area contributed by atoms with Crippen LogP contribution in [0.3, 0.4) is 0 Å². The molecule has 5 heteroatoms. The molecule has 0 heterocycles. The Bertz CT molecular complexity index is 214. The number of hydrogen-bond donors (Lipinski definition) is 0. The minimum atomic E-state index is -0.435. The van der Waals surface area contributed by atoms with Gasteiger partial charge in [-0.3, -0.25) is 4.90 Å². The highest BCUT2D eigenvalue weighted by molar-refractivity contribution is 5.67. The van der Waals surface area contributed by atoms with E-state index in [9.17, 15) is 4.79 Å². The molecule has 0 unspecified atom stereocenters. The highest BCUT2D eigenvalue weighted by Gasteiger charge is 2.18. The summed E-state index contributed by atoms with van der Waals surface area (Å²) >= 11 is 0. The van der Waals surface area contributed by atoms with Gasteiger partial charge in [-0.1, -0.05) is 12.2 Å². The summed E-state index contributed by atoms with van der Waals surface area (Å²) in [5.74, 6) is 0. The molecule has 0 fully saturated rings. The quantitative estimate of drug-likeness (QED) is 0.493. The lowest BCUT2D eigenvalue weighted by Gasteiger charge is -2.24. The second-order valence-electron chi connectivity index (χ2n) is 3.07. The molecule has 94 valence electrons. The Morgan fingerprint density at radius 1 is 1.38 bits per heavy atom. The van der Waals surface area contributed by atoms with Gasteiger partial charge in [0.25, 0.3) is 0 Å². The zero-order valence-corrected chi connectivity index (χ0v) is 10.4. The molecule has 5 nitrogen and oxygen atoms in total. The minimum absolute atomic E-state index is 0.343. The lowest BCUT2D eigenvalue weighted by atomic mass is 10.4. The monoisotopic (exact) mass is 231 g/mol. The third-order valence-electron chi connectivity index (χ3n) is 1.98. The topological polar surface area (TPSA) is 48.0 Å². The largest absolute Gasteiger partial charge is 0.450 e. The smallest absolute Gasteiger partial charge is 0.410 e. The molecule has 0 aromatic rings. The van der Waals surface area contributed by atoms with Crippen LogP contribution < -0.4 is 0 Å². The van der Waals surface area contributed by atoms with Crippen molar-refractivity contribution in [3.63, 3.8) is 0 Å². The van der Waals surface area contributed by atoms with Gasteiger partial charge in [-0.15, -0.1) is 0 Å². The summed E-state index contributed by atoms with van der Waals surface area (Å²) in [6.07, 6.45) is 2.95. The molecule has 0 radical (unpaired) electrons. The van der Waals surface area contributed by atoms with Gasteiger partial charge in [0.15, 0.2) is 6.29 Å². The molecule has 0 aromatic heterocycles. The molecule has 0 N–H and O–H groups in total. The predicted molar refractivity (Wildman–Crippen MR) is 61.2 cm³/mol.